The SMILES string of the molecule is CCCCOC(=O)N1C(Cc2ccc(C(F)(F)F)cc2)COS1(=O)=O. The summed E-state index contributed by atoms with van der Waals surface area (Å²) in [4.78, 5) is 12.0. The van der Waals surface area contributed by atoms with Gasteiger partial charge in [-0.3, -0.25) is 4.18 Å². The van der Waals surface area contributed by atoms with Crippen LogP contribution in [0.3, 0.4) is 0 Å². The van der Waals surface area contributed by atoms with Crippen molar-refractivity contribution in [3.63, 3.8) is 0 Å². The molecule has 1 aromatic carbocycles. The molecule has 10 heteroatoms. The van der Waals surface area contributed by atoms with Crippen molar-refractivity contribution in [2.45, 2.75) is 38.4 Å². The summed E-state index contributed by atoms with van der Waals surface area (Å²) in [7, 11) is -4.25. The number of ether oxygens (including phenoxy) is 1. The Kier molecular flexibility index (Phi) is 5.94. The van der Waals surface area contributed by atoms with Gasteiger partial charge in [0.2, 0.25) is 0 Å². The molecule has 0 aliphatic carbocycles. The number of hydrogen-bond donors (Lipinski definition) is 0. The zero-order valence-corrected chi connectivity index (χ0v) is 14.3. The Morgan fingerprint density at radius 1 is 1.32 bits per heavy atom. The highest BCUT2D eigenvalue weighted by molar-refractivity contribution is 7.85. The topological polar surface area (TPSA) is 72.9 Å². The van der Waals surface area contributed by atoms with Crippen molar-refractivity contribution in [2.75, 3.05) is 13.2 Å². The molecule has 2 rings (SSSR count). The standard InChI is InChI=1S/C15H18F3NO5S/c1-2-3-8-23-14(20)19-13(10-24-25(19,21)22)9-11-4-6-12(7-5-11)15(16,17)18/h4-7,13H,2-3,8-10H2,1H3. The van der Waals surface area contributed by atoms with E-state index in [1.165, 1.54) is 12.1 Å². The predicted molar refractivity (Wildman–Crippen MR) is 81.9 cm³/mol. The number of rotatable bonds is 5. The lowest BCUT2D eigenvalue weighted by Crippen LogP contribution is -2.41. The van der Waals surface area contributed by atoms with Gasteiger partial charge in [-0.25, -0.2) is 4.79 Å². The Morgan fingerprint density at radius 3 is 2.52 bits per heavy atom. The highest BCUT2D eigenvalue weighted by atomic mass is 32.2. The quantitative estimate of drug-likeness (QED) is 0.733. The van der Waals surface area contributed by atoms with E-state index in [1.807, 2.05) is 6.92 Å². The van der Waals surface area contributed by atoms with Crippen LogP contribution in [-0.4, -0.2) is 38.1 Å². The fourth-order valence-electron chi connectivity index (χ4n) is 2.32. The Morgan fingerprint density at radius 2 is 1.96 bits per heavy atom. The van der Waals surface area contributed by atoms with Gasteiger partial charge in [0.05, 0.1) is 24.8 Å². The first-order valence-corrected chi connectivity index (χ1v) is 9.03. The number of alkyl halides is 3. The van der Waals surface area contributed by atoms with Crippen LogP contribution in [0.15, 0.2) is 24.3 Å². The second-order valence-electron chi connectivity index (χ2n) is 5.56. The molecule has 0 radical (unpaired) electrons. The summed E-state index contributed by atoms with van der Waals surface area (Å²) in [5.74, 6) is 0. The van der Waals surface area contributed by atoms with E-state index < -0.39 is 34.2 Å². The van der Waals surface area contributed by atoms with E-state index in [0.29, 0.717) is 16.3 Å². The van der Waals surface area contributed by atoms with Gasteiger partial charge in [0, 0.05) is 0 Å². The summed E-state index contributed by atoms with van der Waals surface area (Å²) in [6.07, 6.45) is -4.11. The summed E-state index contributed by atoms with van der Waals surface area (Å²) >= 11 is 0. The molecule has 0 N–H and O–H groups in total. The van der Waals surface area contributed by atoms with Crippen LogP contribution in [0.2, 0.25) is 0 Å². The number of carbonyl (C=O) groups excluding carboxylic acids is 1. The van der Waals surface area contributed by atoms with Gasteiger partial charge in [-0.1, -0.05) is 25.5 Å². The third-order valence-corrected chi connectivity index (χ3v) is 5.00. The summed E-state index contributed by atoms with van der Waals surface area (Å²) in [5.41, 5.74) is -0.354. The molecule has 1 aromatic rings. The van der Waals surface area contributed by atoms with E-state index in [9.17, 15) is 26.4 Å². The molecule has 0 aromatic heterocycles. The van der Waals surface area contributed by atoms with E-state index in [-0.39, 0.29) is 19.6 Å². The minimum atomic E-state index is -4.45. The molecule has 1 aliphatic rings. The molecule has 25 heavy (non-hydrogen) atoms. The number of unbranched alkanes of at least 4 members (excludes halogenated alkanes) is 1. The van der Waals surface area contributed by atoms with Gasteiger partial charge in [-0.2, -0.15) is 25.9 Å². The van der Waals surface area contributed by atoms with Crippen molar-refractivity contribution < 1.29 is 35.3 Å². The lowest BCUT2D eigenvalue weighted by atomic mass is 10.0. The maximum atomic E-state index is 12.6. The van der Waals surface area contributed by atoms with Crippen molar-refractivity contribution in [1.29, 1.82) is 0 Å². The molecule has 6 nitrogen and oxygen atoms in total. The molecule has 1 saturated heterocycles. The monoisotopic (exact) mass is 381 g/mol. The minimum absolute atomic E-state index is 0.0280. The number of amides is 1. The van der Waals surface area contributed by atoms with Gasteiger partial charge < -0.3 is 4.74 Å². The lowest BCUT2D eigenvalue weighted by molar-refractivity contribution is -0.137. The lowest BCUT2D eigenvalue weighted by Gasteiger charge is -2.20. The largest absolute Gasteiger partial charge is 0.449 e. The van der Waals surface area contributed by atoms with Crippen LogP contribution in [0.25, 0.3) is 0 Å². The smallest absolute Gasteiger partial charge is 0.425 e. The number of hydrogen-bond acceptors (Lipinski definition) is 5. The third-order valence-electron chi connectivity index (χ3n) is 3.64. The first-order chi connectivity index (χ1) is 11.6. The van der Waals surface area contributed by atoms with Crippen LogP contribution in [0.5, 0.6) is 0 Å². The van der Waals surface area contributed by atoms with E-state index in [1.54, 1.807) is 0 Å². The molecular weight excluding hydrogens is 363 g/mol. The van der Waals surface area contributed by atoms with Crippen LogP contribution in [0.1, 0.15) is 30.9 Å². The molecule has 140 valence electrons. The van der Waals surface area contributed by atoms with E-state index in [2.05, 4.69) is 4.18 Å². The highest BCUT2D eigenvalue weighted by Crippen LogP contribution is 2.30. The van der Waals surface area contributed by atoms with Crippen LogP contribution in [0.4, 0.5) is 18.0 Å². The first kappa shape index (κ1) is 19.5. The van der Waals surface area contributed by atoms with Crippen LogP contribution in [-0.2, 0) is 31.8 Å². The Balaban J connectivity index is 2.10. The molecule has 0 saturated carbocycles. The Labute approximate surface area is 143 Å². The zero-order chi connectivity index (χ0) is 18.7. The van der Waals surface area contributed by atoms with Gasteiger partial charge in [0.1, 0.15) is 0 Å². The number of halogens is 3. The third kappa shape index (κ3) is 4.85. The predicted octanol–water partition coefficient (Wildman–Crippen LogP) is 3.13. The number of benzene rings is 1. The van der Waals surface area contributed by atoms with Gasteiger partial charge >= 0.3 is 22.6 Å². The van der Waals surface area contributed by atoms with Crippen LogP contribution >= 0.6 is 0 Å². The average molecular weight is 381 g/mol. The molecule has 1 fully saturated rings. The number of nitrogens with zero attached hydrogens (tertiary/aromatic N) is 1. The zero-order valence-electron chi connectivity index (χ0n) is 13.5. The van der Waals surface area contributed by atoms with Crippen molar-refractivity contribution in [2.24, 2.45) is 0 Å². The van der Waals surface area contributed by atoms with Crippen molar-refractivity contribution in [1.82, 2.24) is 4.31 Å². The van der Waals surface area contributed by atoms with Gasteiger partial charge in [-0.05, 0) is 30.5 Å². The first-order valence-electron chi connectivity index (χ1n) is 7.67. The Bertz CT molecular complexity index is 703. The maximum absolute atomic E-state index is 12.6. The molecule has 1 unspecified atom stereocenters. The van der Waals surface area contributed by atoms with Gasteiger partial charge in [0.25, 0.3) is 0 Å². The highest BCUT2D eigenvalue weighted by Gasteiger charge is 2.43. The summed E-state index contributed by atoms with van der Waals surface area (Å²) < 4.78 is 71.6. The summed E-state index contributed by atoms with van der Waals surface area (Å²) in [6, 6.07) is 3.44. The fraction of sp³-hybridized carbons (Fsp3) is 0.533. The molecular formula is C15H18F3NO5S. The average Bonchev–Trinajstić information content (AvgIpc) is 2.82. The molecule has 1 atom stereocenters. The molecule has 1 amide bonds. The summed E-state index contributed by atoms with van der Waals surface area (Å²) in [5, 5.41) is 0. The molecule has 0 spiro atoms. The van der Waals surface area contributed by atoms with E-state index >= 15 is 0 Å². The molecule has 0 bridgehead atoms. The Hall–Kier alpha value is -1.81. The molecule has 1 heterocycles. The van der Waals surface area contributed by atoms with Gasteiger partial charge in [0.15, 0.2) is 0 Å². The van der Waals surface area contributed by atoms with Crippen molar-refractivity contribution in [3.8, 4) is 0 Å². The number of carbonyl (C=O) groups is 1. The normalized spacial score (nSPS) is 19.8. The van der Waals surface area contributed by atoms with Gasteiger partial charge in [-0.15, -0.1) is 0 Å². The fourth-order valence-corrected chi connectivity index (χ4v) is 3.50. The van der Waals surface area contributed by atoms with E-state index in [0.717, 1.165) is 18.6 Å². The maximum Gasteiger partial charge on any atom is 0.425 e. The summed E-state index contributed by atoms with van der Waals surface area (Å²) in [6.45, 7) is 1.69. The van der Waals surface area contributed by atoms with Crippen LogP contribution < -0.4 is 0 Å². The molecule has 1 aliphatic heterocycles. The minimum Gasteiger partial charge on any atom is -0.449 e. The van der Waals surface area contributed by atoms with Crippen molar-refractivity contribution >= 4 is 16.4 Å². The second kappa shape index (κ2) is 7.61. The van der Waals surface area contributed by atoms with E-state index in [4.69, 9.17) is 4.74 Å². The van der Waals surface area contributed by atoms with Crippen LogP contribution in [0, 0.1) is 0 Å². The second-order valence-corrected chi connectivity index (χ2v) is 7.04. The van der Waals surface area contributed by atoms with Crippen molar-refractivity contribution in [3.05, 3.63) is 35.4 Å².